The first-order valence-electron chi connectivity index (χ1n) is 6.47. The molecule has 1 aromatic heterocycles. The Labute approximate surface area is 139 Å². The second-order valence-corrected chi connectivity index (χ2v) is 5.37. The largest absolute Gasteiger partial charge is 0.452 e. The minimum absolute atomic E-state index is 0.0716. The van der Waals surface area contributed by atoms with Crippen LogP contribution in [-0.4, -0.2) is 29.3 Å². The van der Waals surface area contributed by atoms with Crippen molar-refractivity contribution in [2.24, 2.45) is 5.73 Å². The number of carbonyl (C=O) groups is 3. The maximum Gasteiger partial charge on any atom is 0.338 e. The number of anilines is 1. The zero-order valence-electron chi connectivity index (χ0n) is 12.1. The van der Waals surface area contributed by atoms with E-state index in [1.807, 2.05) is 0 Å². The van der Waals surface area contributed by atoms with Gasteiger partial charge in [0.15, 0.2) is 6.61 Å². The third-order valence-electron chi connectivity index (χ3n) is 2.83. The number of thiophene rings is 1. The molecule has 0 atom stereocenters. The molecule has 0 bridgehead atoms. The lowest BCUT2D eigenvalue weighted by Crippen LogP contribution is -2.22. The molecular formula is C14H11N3O6S. The number of amides is 2. The Balaban J connectivity index is 1.91. The van der Waals surface area contributed by atoms with Crippen molar-refractivity contribution in [3.05, 3.63) is 57.0 Å². The molecule has 0 aliphatic rings. The third-order valence-corrected chi connectivity index (χ3v) is 3.66. The molecule has 24 heavy (non-hydrogen) atoms. The number of rotatable bonds is 6. The van der Waals surface area contributed by atoms with Gasteiger partial charge in [-0.15, -0.1) is 11.3 Å². The van der Waals surface area contributed by atoms with Crippen LogP contribution in [-0.2, 0) is 9.53 Å². The zero-order valence-corrected chi connectivity index (χ0v) is 12.9. The summed E-state index contributed by atoms with van der Waals surface area (Å²) < 4.78 is 4.81. The van der Waals surface area contributed by atoms with Crippen LogP contribution in [0.25, 0.3) is 0 Å². The normalized spacial score (nSPS) is 10.0. The summed E-state index contributed by atoms with van der Waals surface area (Å²) in [6.45, 7) is -0.577. The van der Waals surface area contributed by atoms with Gasteiger partial charge in [-0.2, -0.15) is 0 Å². The Morgan fingerprint density at radius 2 is 1.88 bits per heavy atom. The minimum Gasteiger partial charge on any atom is -0.452 e. The molecule has 1 heterocycles. The van der Waals surface area contributed by atoms with Gasteiger partial charge in [0, 0.05) is 12.1 Å². The molecule has 2 amide bonds. The summed E-state index contributed by atoms with van der Waals surface area (Å²) in [5.74, 6) is -2.13. The Morgan fingerprint density at radius 1 is 1.21 bits per heavy atom. The number of nitrogens with zero attached hydrogens (tertiary/aromatic N) is 1. The average Bonchev–Trinajstić information content (AvgIpc) is 3.01. The van der Waals surface area contributed by atoms with Gasteiger partial charge in [0.25, 0.3) is 17.5 Å². The minimum atomic E-state index is -0.804. The molecule has 9 nitrogen and oxygen atoms in total. The number of ether oxygens (including phenoxy) is 1. The van der Waals surface area contributed by atoms with Gasteiger partial charge in [-0.05, 0) is 23.6 Å². The Hall–Kier alpha value is -3.27. The van der Waals surface area contributed by atoms with E-state index in [0.717, 1.165) is 23.5 Å². The summed E-state index contributed by atoms with van der Waals surface area (Å²) >= 11 is 1.10. The van der Waals surface area contributed by atoms with Gasteiger partial charge >= 0.3 is 5.97 Å². The van der Waals surface area contributed by atoms with Gasteiger partial charge in [-0.1, -0.05) is 0 Å². The molecule has 2 rings (SSSR count). The summed E-state index contributed by atoms with van der Waals surface area (Å²) in [6, 6.07) is 6.22. The summed E-state index contributed by atoms with van der Waals surface area (Å²) in [4.78, 5) is 44.6. The molecule has 0 saturated carbocycles. The quantitative estimate of drug-likeness (QED) is 0.460. The van der Waals surface area contributed by atoms with Crippen molar-refractivity contribution in [2.75, 3.05) is 11.9 Å². The predicted octanol–water partition coefficient (Wildman–Crippen LogP) is 1.55. The molecule has 0 radical (unpaired) electrons. The van der Waals surface area contributed by atoms with E-state index in [1.165, 1.54) is 18.2 Å². The number of carbonyl (C=O) groups excluding carboxylic acids is 3. The maximum absolute atomic E-state index is 11.8. The fourth-order valence-corrected chi connectivity index (χ4v) is 2.51. The highest BCUT2D eigenvalue weighted by molar-refractivity contribution is 7.14. The number of nitrogens with one attached hydrogen (secondary N) is 1. The lowest BCUT2D eigenvalue weighted by molar-refractivity contribution is -0.384. The number of esters is 1. The first-order valence-corrected chi connectivity index (χ1v) is 7.35. The van der Waals surface area contributed by atoms with Gasteiger partial charge < -0.3 is 15.8 Å². The highest BCUT2D eigenvalue weighted by Crippen LogP contribution is 2.22. The van der Waals surface area contributed by atoms with E-state index in [1.54, 1.807) is 5.38 Å². The van der Waals surface area contributed by atoms with Crippen molar-refractivity contribution in [1.29, 1.82) is 0 Å². The van der Waals surface area contributed by atoms with Crippen molar-refractivity contribution in [3.63, 3.8) is 0 Å². The summed E-state index contributed by atoms with van der Waals surface area (Å²) in [5.41, 5.74) is 5.22. The van der Waals surface area contributed by atoms with Crippen LogP contribution in [0.2, 0.25) is 0 Å². The van der Waals surface area contributed by atoms with E-state index in [9.17, 15) is 24.5 Å². The van der Waals surface area contributed by atoms with Crippen molar-refractivity contribution < 1.29 is 24.0 Å². The standard InChI is InChI=1S/C14H11N3O6S/c15-12(19)10-5-6-24-13(10)16-11(18)7-23-14(20)8-1-3-9(4-2-8)17(21)22/h1-6H,7H2,(H2,15,19)(H,16,18). The van der Waals surface area contributed by atoms with Crippen LogP contribution in [0, 0.1) is 10.1 Å². The Kier molecular flexibility index (Phi) is 5.22. The monoisotopic (exact) mass is 349 g/mol. The van der Waals surface area contributed by atoms with E-state index in [-0.39, 0.29) is 21.8 Å². The molecule has 0 aliphatic heterocycles. The van der Waals surface area contributed by atoms with Gasteiger partial charge in [-0.3, -0.25) is 19.7 Å². The molecule has 1 aromatic carbocycles. The molecule has 0 aliphatic carbocycles. The lowest BCUT2D eigenvalue weighted by atomic mass is 10.2. The van der Waals surface area contributed by atoms with E-state index < -0.39 is 29.3 Å². The van der Waals surface area contributed by atoms with E-state index in [2.05, 4.69) is 5.32 Å². The van der Waals surface area contributed by atoms with Gasteiger partial charge in [-0.25, -0.2) is 4.79 Å². The zero-order chi connectivity index (χ0) is 17.7. The third kappa shape index (κ3) is 4.14. The second-order valence-electron chi connectivity index (χ2n) is 4.46. The predicted molar refractivity (Wildman–Crippen MR) is 84.8 cm³/mol. The molecule has 0 unspecified atom stereocenters. The van der Waals surface area contributed by atoms with E-state index in [0.29, 0.717) is 0 Å². The number of nitro benzene ring substituents is 1. The number of hydrogen-bond donors (Lipinski definition) is 2. The smallest absolute Gasteiger partial charge is 0.338 e. The van der Waals surface area contributed by atoms with Gasteiger partial charge in [0.05, 0.1) is 16.1 Å². The van der Waals surface area contributed by atoms with Crippen LogP contribution in [0.3, 0.4) is 0 Å². The molecule has 124 valence electrons. The van der Waals surface area contributed by atoms with Gasteiger partial charge in [0.2, 0.25) is 0 Å². The number of primary amides is 1. The fraction of sp³-hybridized carbons (Fsp3) is 0.0714. The Bertz CT molecular complexity index is 799. The van der Waals surface area contributed by atoms with Crippen LogP contribution < -0.4 is 11.1 Å². The van der Waals surface area contributed by atoms with Crippen molar-refractivity contribution in [1.82, 2.24) is 0 Å². The first kappa shape index (κ1) is 17.1. The van der Waals surface area contributed by atoms with Crippen LogP contribution in [0.5, 0.6) is 0 Å². The van der Waals surface area contributed by atoms with Crippen LogP contribution >= 0.6 is 11.3 Å². The number of nitro groups is 1. The second kappa shape index (κ2) is 7.33. The molecule has 0 saturated heterocycles. The lowest BCUT2D eigenvalue weighted by Gasteiger charge is -2.06. The topological polar surface area (TPSA) is 142 Å². The number of non-ortho nitro benzene ring substituents is 1. The van der Waals surface area contributed by atoms with Crippen molar-refractivity contribution >= 4 is 39.8 Å². The van der Waals surface area contributed by atoms with Crippen LogP contribution in [0.4, 0.5) is 10.7 Å². The van der Waals surface area contributed by atoms with E-state index >= 15 is 0 Å². The molecule has 0 fully saturated rings. The van der Waals surface area contributed by atoms with Crippen LogP contribution in [0.1, 0.15) is 20.7 Å². The molecule has 0 spiro atoms. The Morgan fingerprint density at radius 3 is 2.46 bits per heavy atom. The SMILES string of the molecule is NC(=O)c1ccsc1NC(=O)COC(=O)c1ccc([N+](=O)[O-])cc1. The number of nitrogens with two attached hydrogens (primary N) is 1. The molecular weight excluding hydrogens is 338 g/mol. The number of hydrogen-bond acceptors (Lipinski definition) is 7. The molecule has 3 N–H and O–H groups in total. The average molecular weight is 349 g/mol. The highest BCUT2D eigenvalue weighted by Gasteiger charge is 2.15. The summed E-state index contributed by atoms with van der Waals surface area (Å²) in [5, 5.41) is 14.8. The first-order chi connectivity index (χ1) is 11.4. The van der Waals surface area contributed by atoms with E-state index in [4.69, 9.17) is 10.5 Å². The molecule has 10 heteroatoms. The van der Waals surface area contributed by atoms with Crippen LogP contribution in [0.15, 0.2) is 35.7 Å². The highest BCUT2D eigenvalue weighted by atomic mass is 32.1. The molecule has 2 aromatic rings. The number of benzene rings is 1. The summed E-state index contributed by atoms with van der Waals surface area (Å²) in [7, 11) is 0. The van der Waals surface area contributed by atoms with Crippen molar-refractivity contribution in [2.45, 2.75) is 0 Å². The van der Waals surface area contributed by atoms with Crippen molar-refractivity contribution in [3.8, 4) is 0 Å². The maximum atomic E-state index is 11.8. The van der Waals surface area contributed by atoms with Gasteiger partial charge in [0.1, 0.15) is 5.00 Å². The fourth-order valence-electron chi connectivity index (χ4n) is 1.70. The summed E-state index contributed by atoms with van der Waals surface area (Å²) in [6.07, 6.45) is 0.